The molecule has 0 spiro atoms. The number of alkyl halides is 3. The third-order valence-electron chi connectivity index (χ3n) is 2.51. The molecule has 1 unspecified atom stereocenters. The van der Waals surface area contributed by atoms with Gasteiger partial charge in [0.05, 0.1) is 6.04 Å². The number of hydrogen-bond donors (Lipinski definition) is 1. The molecule has 1 aromatic rings. The summed E-state index contributed by atoms with van der Waals surface area (Å²) in [7, 11) is 0. The van der Waals surface area contributed by atoms with Crippen LogP contribution in [-0.4, -0.2) is 14.8 Å². The van der Waals surface area contributed by atoms with E-state index in [9.17, 15) is 13.2 Å². The van der Waals surface area contributed by atoms with Gasteiger partial charge in [0, 0.05) is 6.54 Å². The Morgan fingerprint density at radius 1 is 1.27 bits per heavy atom. The van der Waals surface area contributed by atoms with E-state index in [1.54, 1.807) is 0 Å². The molecular formula is C8H11F3N4. The highest BCUT2D eigenvalue weighted by Crippen LogP contribution is 2.31. The van der Waals surface area contributed by atoms with E-state index in [1.165, 1.54) is 0 Å². The lowest BCUT2D eigenvalue weighted by atomic mass is 10.1. The molecule has 1 atom stereocenters. The second-order valence-electron chi connectivity index (χ2n) is 3.63. The summed E-state index contributed by atoms with van der Waals surface area (Å²) in [6, 6.07) is -0.434. The summed E-state index contributed by atoms with van der Waals surface area (Å²) >= 11 is 0. The third kappa shape index (κ3) is 1.83. The van der Waals surface area contributed by atoms with Gasteiger partial charge in [-0.1, -0.05) is 0 Å². The summed E-state index contributed by atoms with van der Waals surface area (Å²) in [6.07, 6.45) is -2.28. The summed E-state index contributed by atoms with van der Waals surface area (Å²) in [5.74, 6) is -0.685. The van der Waals surface area contributed by atoms with Crippen LogP contribution in [0.1, 0.15) is 37.0 Å². The molecule has 0 saturated carbocycles. The smallest absolute Gasteiger partial charge is 0.321 e. The predicted octanol–water partition coefficient (Wildman–Crippen LogP) is 1.48. The van der Waals surface area contributed by atoms with Gasteiger partial charge in [-0.3, -0.25) is 0 Å². The molecule has 2 heterocycles. The van der Waals surface area contributed by atoms with Gasteiger partial charge < -0.3 is 10.3 Å². The Kier molecular flexibility index (Phi) is 2.41. The predicted molar refractivity (Wildman–Crippen MR) is 45.8 cm³/mol. The zero-order valence-corrected chi connectivity index (χ0v) is 7.96. The maximum Gasteiger partial charge on any atom is 0.451 e. The number of hydrogen-bond acceptors (Lipinski definition) is 3. The zero-order chi connectivity index (χ0) is 11.1. The second-order valence-corrected chi connectivity index (χ2v) is 3.63. The van der Waals surface area contributed by atoms with E-state index in [2.05, 4.69) is 10.2 Å². The van der Waals surface area contributed by atoms with Crippen molar-refractivity contribution in [1.82, 2.24) is 14.8 Å². The molecule has 1 aliphatic rings. The minimum atomic E-state index is -4.45. The number of halogens is 3. The van der Waals surface area contributed by atoms with Crippen molar-refractivity contribution >= 4 is 0 Å². The first-order valence-corrected chi connectivity index (χ1v) is 4.76. The first-order valence-electron chi connectivity index (χ1n) is 4.76. The summed E-state index contributed by atoms with van der Waals surface area (Å²) in [5.41, 5.74) is 5.71. The van der Waals surface area contributed by atoms with Crippen LogP contribution in [0.3, 0.4) is 0 Å². The first-order chi connectivity index (χ1) is 7.00. The number of rotatable bonds is 0. The fraction of sp³-hybridized carbons (Fsp3) is 0.750. The average molecular weight is 220 g/mol. The van der Waals surface area contributed by atoms with Crippen molar-refractivity contribution in [2.24, 2.45) is 5.73 Å². The second kappa shape index (κ2) is 3.48. The topological polar surface area (TPSA) is 56.7 Å². The van der Waals surface area contributed by atoms with E-state index < -0.39 is 18.0 Å². The van der Waals surface area contributed by atoms with Gasteiger partial charge in [0.25, 0.3) is 0 Å². The van der Waals surface area contributed by atoms with E-state index in [4.69, 9.17) is 5.73 Å². The van der Waals surface area contributed by atoms with Gasteiger partial charge in [0.2, 0.25) is 5.82 Å². The van der Waals surface area contributed by atoms with Gasteiger partial charge in [0.1, 0.15) is 5.82 Å². The molecule has 7 heteroatoms. The lowest BCUT2D eigenvalue weighted by molar-refractivity contribution is -0.147. The number of nitrogens with two attached hydrogens (primary N) is 1. The fourth-order valence-corrected chi connectivity index (χ4v) is 1.78. The van der Waals surface area contributed by atoms with Crippen LogP contribution in [0.25, 0.3) is 0 Å². The van der Waals surface area contributed by atoms with E-state index in [1.807, 2.05) is 0 Å². The molecular weight excluding hydrogens is 209 g/mol. The van der Waals surface area contributed by atoms with Crippen molar-refractivity contribution in [3.8, 4) is 0 Å². The zero-order valence-electron chi connectivity index (χ0n) is 7.96. The van der Waals surface area contributed by atoms with E-state index >= 15 is 0 Å². The number of nitrogens with zero attached hydrogens (tertiary/aromatic N) is 3. The lowest BCUT2D eigenvalue weighted by Crippen LogP contribution is -2.18. The molecule has 4 nitrogen and oxygen atoms in total. The minimum absolute atomic E-state index is 0.250. The first kappa shape index (κ1) is 10.4. The Balaban J connectivity index is 2.44. The van der Waals surface area contributed by atoms with Crippen LogP contribution in [-0.2, 0) is 12.7 Å². The van der Waals surface area contributed by atoms with Crippen LogP contribution in [0, 0.1) is 0 Å². The number of fused-ring (bicyclic) bond motifs is 1. The van der Waals surface area contributed by atoms with Gasteiger partial charge >= 0.3 is 6.18 Å². The molecule has 2 N–H and O–H groups in total. The van der Waals surface area contributed by atoms with Gasteiger partial charge in [-0.2, -0.15) is 13.2 Å². The van der Waals surface area contributed by atoms with E-state index in [0.29, 0.717) is 19.4 Å². The van der Waals surface area contributed by atoms with Crippen LogP contribution >= 0.6 is 0 Å². The SMILES string of the molecule is NC1CCCCn2c1nnc2C(F)(F)F. The van der Waals surface area contributed by atoms with E-state index in [0.717, 1.165) is 11.0 Å². The van der Waals surface area contributed by atoms with Crippen LogP contribution in [0.5, 0.6) is 0 Å². The van der Waals surface area contributed by atoms with Crippen molar-refractivity contribution in [2.75, 3.05) is 0 Å². The van der Waals surface area contributed by atoms with Crippen LogP contribution < -0.4 is 5.73 Å². The summed E-state index contributed by atoms with van der Waals surface area (Å²) in [4.78, 5) is 0. The van der Waals surface area contributed by atoms with Crippen molar-refractivity contribution in [3.05, 3.63) is 11.6 Å². The summed E-state index contributed by atoms with van der Waals surface area (Å²) in [6.45, 7) is 0.297. The lowest BCUT2D eigenvalue weighted by Gasteiger charge is -2.10. The van der Waals surface area contributed by atoms with Crippen LogP contribution in [0.2, 0.25) is 0 Å². The Morgan fingerprint density at radius 2 is 2.00 bits per heavy atom. The Morgan fingerprint density at radius 3 is 2.67 bits per heavy atom. The van der Waals surface area contributed by atoms with Crippen LogP contribution in [0.4, 0.5) is 13.2 Å². The largest absolute Gasteiger partial charge is 0.451 e. The molecule has 0 bridgehead atoms. The van der Waals surface area contributed by atoms with Crippen molar-refractivity contribution in [3.63, 3.8) is 0 Å². The monoisotopic (exact) mass is 220 g/mol. The molecule has 84 valence electrons. The molecule has 0 fully saturated rings. The highest BCUT2D eigenvalue weighted by molar-refractivity contribution is 5.04. The Labute approximate surface area is 84.3 Å². The molecule has 1 aliphatic heterocycles. The molecule has 0 aliphatic carbocycles. The highest BCUT2D eigenvalue weighted by Gasteiger charge is 2.39. The molecule has 15 heavy (non-hydrogen) atoms. The fourth-order valence-electron chi connectivity index (χ4n) is 1.78. The Hall–Kier alpha value is -1.11. The molecule has 0 aromatic carbocycles. The average Bonchev–Trinajstić information content (AvgIpc) is 2.48. The molecule has 0 radical (unpaired) electrons. The van der Waals surface area contributed by atoms with Crippen molar-refractivity contribution in [1.29, 1.82) is 0 Å². The van der Waals surface area contributed by atoms with E-state index in [-0.39, 0.29) is 5.82 Å². The quantitative estimate of drug-likeness (QED) is 0.720. The highest BCUT2D eigenvalue weighted by atomic mass is 19.4. The van der Waals surface area contributed by atoms with Crippen molar-refractivity contribution < 1.29 is 13.2 Å². The van der Waals surface area contributed by atoms with Crippen molar-refractivity contribution in [2.45, 2.75) is 38.0 Å². The van der Waals surface area contributed by atoms with Gasteiger partial charge in [-0.05, 0) is 19.3 Å². The molecule has 0 saturated heterocycles. The molecule has 2 rings (SSSR count). The standard InChI is InChI=1S/C8H11F3N4/c9-8(10,11)7-14-13-6-5(12)3-1-2-4-15(6)7/h5H,1-4,12H2. The molecule has 0 amide bonds. The Bertz CT molecular complexity index is 357. The van der Waals surface area contributed by atoms with Gasteiger partial charge in [-0.15, -0.1) is 10.2 Å². The number of aromatic nitrogens is 3. The maximum absolute atomic E-state index is 12.5. The van der Waals surface area contributed by atoms with Gasteiger partial charge in [0.15, 0.2) is 0 Å². The summed E-state index contributed by atoms with van der Waals surface area (Å²) < 4.78 is 38.6. The third-order valence-corrected chi connectivity index (χ3v) is 2.51. The summed E-state index contributed by atoms with van der Waals surface area (Å²) in [5, 5.41) is 6.70. The minimum Gasteiger partial charge on any atom is -0.321 e. The normalized spacial score (nSPS) is 22.3. The van der Waals surface area contributed by atoms with Gasteiger partial charge in [-0.25, -0.2) is 0 Å². The van der Waals surface area contributed by atoms with Crippen LogP contribution in [0.15, 0.2) is 0 Å². The molecule has 1 aromatic heterocycles. The maximum atomic E-state index is 12.5.